The molecule has 3 nitrogen and oxygen atoms in total. The van der Waals surface area contributed by atoms with E-state index in [1.807, 2.05) is 72.4 Å². The monoisotopic (exact) mass is 459 g/mol. The topological polar surface area (TPSA) is 42.2 Å². The van der Waals surface area contributed by atoms with Crippen LogP contribution < -0.4 is 0 Å². The number of para-hydroxylation sites is 1. The molecule has 0 fully saturated rings. The lowest BCUT2D eigenvalue weighted by Crippen LogP contribution is -2.29. The van der Waals surface area contributed by atoms with Crippen molar-refractivity contribution in [1.29, 1.82) is 0 Å². The number of nitrogens with zero attached hydrogens (tertiary/aromatic N) is 1. The number of Topliss-reactive ketones (excluding diaryl/α,β-unsaturated/α-hetero) is 1. The second-order valence-electron chi connectivity index (χ2n) is 9.62. The van der Waals surface area contributed by atoms with Crippen LogP contribution in [0.2, 0.25) is 0 Å². The average molecular weight is 460 g/mol. The van der Waals surface area contributed by atoms with Crippen LogP contribution in [0.5, 0.6) is 0 Å². The Morgan fingerprint density at radius 2 is 1.66 bits per heavy atom. The van der Waals surface area contributed by atoms with Crippen LogP contribution in [0.3, 0.4) is 0 Å². The van der Waals surface area contributed by atoms with Crippen LogP contribution in [-0.2, 0) is 23.7 Å². The molecule has 0 saturated heterocycles. The number of allylic oxidation sites excluding steroid dienone is 4. The molecule has 4 aromatic rings. The van der Waals surface area contributed by atoms with Crippen molar-refractivity contribution in [3.8, 4) is 0 Å². The molecule has 0 aliphatic heterocycles. The van der Waals surface area contributed by atoms with E-state index in [-0.39, 0.29) is 11.5 Å². The molecule has 0 saturated carbocycles. The summed E-state index contributed by atoms with van der Waals surface area (Å²) < 4.78 is 1.98. The fraction of sp³-hybridized carbons (Fsp3) is 0.156. The number of carbonyl (C=O) groups is 1. The lowest BCUT2D eigenvalue weighted by molar-refractivity contribution is -0.111. The summed E-state index contributed by atoms with van der Waals surface area (Å²) in [6.45, 7) is 8.68. The number of aliphatic hydroxyl groups is 1. The predicted molar refractivity (Wildman–Crippen MR) is 143 cm³/mol. The largest absolute Gasteiger partial charge is 0.506 e. The van der Waals surface area contributed by atoms with Gasteiger partial charge in [0.1, 0.15) is 5.76 Å². The zero-order valence-electron chi connectivity index (χ0n) is 20.4. The van der Waals surface area contributed by atoms with Gasteiger partial charge in [0.05, 0.1) is 11.1 Å². The number of aromatic nitrogens is 1. The minimum atomic E-state index is -0.449. The van der Waals surface area contributed by atoms with E-state index in [1.165, 1.54) is 11.1 Å². The zero-order chi connectivity index (χ0) is 24.7. The number of hydrogen-bond acceptors (Lipinski definition) is 2. The van der Waals surface area contributed by atoms with Gasteiger partial charge in [-0.05, 0) is 47.8 Å². The van der Waals surface area contributed by atoms with Gasteiger partial charge in [-0.15, -0.1) is 0 Å². The molecular formula is C32H29NO2. The fourth-order valence-electron chi connectivity index (χ4n) is 5.26. The highest BCUT2D eigenvalue weighted by Gasteiger charge is 2.38. The third-order valence-electron chi connectivity index (χ3n) is 7.30. The van der Waals surface area contributed by atoms with Gasteiger partial charge in [-0.25, -0.2) is 0 Å². The third kappa shape index (κ3) is 3.74. The maximum absolute atomic E-state index is 13.3. The summed E-state index contributed by atoms with van der Waals surface area (Å²) >= 11 is 0. The molecule has 0 spiro atoms. The number of carbonyl (C=O) groups excluding carboxylic acids is 1. The number of aliphatic hydroxyl groups excluding tert-OH is 1. The summed E-state index contributed by atoms with van der Waals surface area (Å²) in [5, 5.41) is 12.0. The molecule has 1 atom stereocenters. The second kappa shape index (κ2) is 8.59. The van der Waals surface area contributed by atoms with Crippen LogP contribution >= 0.6 is 0 Å². The summed E-state index contributed by atoms with van der Waals surface area (Å²) in [5.74, 6) is -0.105. The van der Waals surface area contributed by atoms with Crippen molar-refractivity contribution in [2.75, 3.05) is 0 Å². The van der Waals surface area contributed by atoms with E-state index in [0.29, 0.717) is 11.1 Å². The predicted octanol–water partition coefficient (Wildman–Crippen LogP) is 7.02. The van der Waals surface area contributed by atoms with Crippen molar-refractivity contribution < 1.29 is 9.90 Å². The summed E-state index contributed by atoms with van der Waals surface area (Å²) in [7, 11) is 1.95. The van der Waals surface area contributed by atoms with Gasteiger partial charge < -0.3 is 9.67 Å². The molecule has 1 heterocycles. The number of rotatable bonds is 6. The van der Waals surface area contributed by atoms with Gasteiger partial charge in [0.25, 0.3) is 0 Å². The van der Waals surface area contributed by atoms with E-state index in [0.717, 1.165) is 34.0 Å². The maximum atomic E-state index is 13.3. The van der Waals surface area contributed by atoms with Crippen LogP contribution in [0.4, 0.5) is 0 Å². The second-order valence-corrected chi connectivity index (χ2v) is 9.62. The Balaban J connectivity index is 1.57. The van der Waals surface area contributed by atoms with Crippen LogP contribution in [0.25, 0.3) is 16.5 Å². The van der Waals surface area contributed by atoms with Crippen LogP contribution in [0, 0.1) is 6.92 Å². The van der Waals surface area contributed by atoms with Crippen molar-refractivity contribution in [2.45, 2.75) is 25.7 Å². The van der Waals surface area contributed by atoms with Gasteiger partial charge in [0.2, 0.25) is 5.78 Å². The Bertz CT molecular complexity index is 1530. The van der Waals surface area contributed by atoms with Crippen molar-refractivity contribution in [1.82, 2.24) is 4.57 Å². The Morgan fingerprint density at radius 3 is 2.37 bits per heavy atom. The first-order valence-electron chi connectivity index (χ1n) is 11.8. The van der Waals surface area contributed by atoms with Crippen LogP contribution in [-0.4, -0.2) is 15.5 Å². The maximum Gasteiger partial charge on any atom is 0.201 e. The van der Waals surface area contributed by atoms with Crippen LogP contribution in [0.1, 0.15) is 29.2 Å². The van der Waals surface area contributed by atoms with Crippen molar-refractivity contribution in [3.63, 3.8) is 0 Å². The standard InChI is InChI=1S/C32H29NO2/c1-21-12-8-10-16-27(21)32(3,19-23-13-6-5-7-14-23)22(2)18-25-30(34)29(31(25)35)26-20-33(4)28-17-11-9-15-24(26)28/h5-18,20,34H,2,19H2,1,3-4H3/b25-18-. The lowest BCUT2D eigenvalue weighted by Gasteiger charge is -2.34. The van der Waals surface area contributed by atoms with E-state index in [9.17, 15) is 9.90 Å². The Kier molecular flexibility index (Phi) is 5.56. The third-order valence-corrected chi connectivity index (χ3v) is 7.30. The van der Waals surface area contributed by atoms with Gasteiger partial charge in [0, 0.05) is 35.1 Å². The molecule has 0 bridgehead atoms. The molecule has 0 amide bonds. The Labute approximate surface area is 206 Å². The first kappa shape index (κ1) is 22.7. The molecule has 1 aliphatic rings. The van der Waals surface area contributed by atoms with E-state index < -0.39 is 5.41 Å². The molecule has 1 aliphatic carbocycles. The van der Waals surface area contributed by atoms with Gasteiger partial charge in [-0.3, -0.25) is 4.79 Å². The molecule has 1 N–H and O–H groups in total. The molecule has 5 rings (SSSR count). The molecule has 0 radical (unpaired) electrons. The number of ketones is 1. The molecule has 1 unspecified atom stereocenters. The number of hydrogen-bond donors (Lipinski definition) is 1. The van der Waals surface area contributed by atoms with E-state index in [2.05, 4.69) is 44.7 Å². The summed E-state index contributed by atoms with van der Waals surface area (Å²) in [4.78, 5) is 13.3. The van der Waals surface area contributed by atoms with Crippen molar-refractivity contribution in [3.05, 3.63) is 137 Å². The zero-order valence-corrected chi connectivity index (χ0v) is 20.4. The van der Waals surface area contributed by atoms with Gasteiger partial charge >= 0.3 is 0 Å². The van der Waals surface area contributed by atoms with E-state index in [4.69, 9.17) is 0 Å². The summed E-state index contributed by atoms with van der Waals surface area (Å²) in [5.41, 5.74) is 6.35. The molecule has 1 aromatic heterocycles. The van der Waals surface area contributed by atoms with Gasteiger partial charge in [-0.2, -0.15) is 0 Å². The highest BCUT2D eigenvalue weighted by molar-refractivity contribution is 6.40. The van der Waals surface area contributed by atoms with Crippen molar-refractivity contribution in [2.24, 2.45) is 7.05 Å². The summed E-state index contributed by atoms with van der Waals surface area (Å²) in [6, 6.07) is 26.5. The fourth-order valence-corrected chi connectivity index (χ4v) is 5.26. The van der Waals surface area contributed by atoms with Gasteiger partial charge in [0.15, 0.2) is 0 Å². The SMILES string of the molecule is C=C(/C=C1\C(=O)C(c2cn(C)c3ccccc23)=C1O)C(C)(Cc1ccccc1)c1ccccc1C. The van der Waals surface area contributed by atoms with E-state index in [1.54, 1.807) is 6.08 Å². The quantitative estimate of drug-likeness (QED) is 0.315. The van der Waals surface area contributed by atoms with E-state index >= 15 is 0 Å². The molecule has 35 heavy (non-hydrogen) atoms. The van der Waals surface area contributed by atoms with Gasteiger partial charge in [-0.1, -0.05) is 86.3 Å². The average Bonchev–Trinajstić information content (AvgIpc) is 3.19. The van der Waals surface area contributed by atoms with Crippen molar-refractivity contribution >= 4 is 22.3 Å². The summed E-state index contributed by atoms with van der Waals surface area (Å²) in [6.07, 6.45) is 4.42. The Hall–Kier alpha value is -4.11. The Morgan fingerprint density at radius 1 is 1.00 bits per heavy atom. The number of benzene rings is 3. The molecular weight excluding hydrogens is 430 g/mol. The number of fused-ring (bicyclic) bond motifs is 1. The first-order chi connectivity index (χ1) is 16.8. The van der Waals surface area contributed by atoms with Crippen LogP contribution in [0.15, 0.2) is 115 Å². The molecule has 174 valence electrons. The normalized spacial score (nSPS) is 16.4. The number of aryl methyl sites for hydroxylation is 2. The molecule has 3 heteroatoms. The lowest BCUT2D eigenvalue weighted by atomic mass is 9.69. The smallest absolute Gasteiger partial charge is 0.201 e. The highest BCUT2D eigenvalue weighted by Crippen LogP contribution is 2.43. The minimum Gasteiger partial charge on any atom is -0.506 e. The molecule has 3 aromatic carbocycles. The highest BCUT2D eigenvalue weighted by atomic mass is 16.3. The first-order valence-corrected chi connectivity index (χ1v) is 11.8. The minimum absolute atomic E-state index is 0.0411.